The minimum absolute atomic E-state index is 0.240. The van der Waals surface area contributed by atoms with E-state index < -0.39 is 0 Å². The molecule has 19 heavy (non-hydrogen) atoms. The Morgan fingerprint density at radius 2 is 2.16 bits per heavy atom. The van der Waals surface area contributed by atoms with Gasteiger partial charge in [-0.25, -0.2) is 0 Å². The van der Waals surface area contributed by atoms with Crippen LogP contribution in [0.25, 0.3) is 11.5 Å². The van der Waals surface area contributed by atoms with Crippen LogP contribution >= 0.6 is 0 Å². The van der Waals surface area contributed by atoms with Crippen LogP contribution in [0, 0.1) is 13.8 Å². The van der Waals surface area contributed by atoms with Crippen LogP contribution in [0.4, 0.5) is 5.69 Å². The van der Waals surface area contributed by atoms with E-state index >= 15 is 0 Å². The van der Waals surface area contributed by atoms with Crippen molar-refractivity contribution in [3.63, 3.8) is 0 Å². The monoisotopic (exact) mass is 259 g/mol. The summed E-state index contributed by atoms with van der Waals surface area (Å²) in [4.78, 5) is 4.47. The highest BCUT2D eigenvalue weighted by Gasteiger charge is 2.24. The summed E-state index contributed by atoms with van der Waals surface area (Å²) in [5.74, 6) is 1.45. The normalized spacial score (nSPS) is 18.9. The van der Waals surface area contributed by atoms with Gasteiger partial charge in [0.25, 0.3) is 5.89 Å². The van der Waals surface area contributed by atoms with Crippen LogP contribution in [0.2, 0.25) is 0 Å². The van der Waals surface area contributed by atoms with Gasteiger partial charge in [0.05, 0.1) is 12.2 Å². The number of rotatable bonds is 2. The molecule has 1 aliphatic rings. The molecule has 1 saturated heterocycles. The van der Waals surface area contributed by atoms with Crippen molar-refractivity contribution in [1.82, 2.24) is 10.1 Å². The smallest absolute Gasteiger partial charge is 0.260 e. The quantitative estimate of drug-likeness (QED) is 0.838. The highest BCUT2D eigenvalue weighted by atomic mass is 16.5. The zero-order valence-electron chi connectivity index (χ0n) is 11.1. The third-order valence-corrected chi connectivity index (χ3v) is 3.50. The summed E-state index contributed by atoms with van der Waals surface area (Å²) in [7, 11) is 0. The molecule has 0 amide bonds. The molecule has 1 atom stereocenters. The van der Waals surface area contributed by atoms with Crippen LogP contribution in [0.5, 0.6) is 0 Å². The lowest BCUT2D eigenvalue weighted by molar-refractivity contribution is 0.192. The SMILES string of the molecule is Cc1cc(C)c(N)c(-c2nc(C3CCOC3)no2)c1. The first kappa shape index (κ1) is 12.2. The molecule has 0 radical (unpaired) electrons. The van der Waals surface area contributed by atoms with Gasteiger partial charge < -0.3 is 15.0 Å². The highest BCUT2D eigenvalue weighted by Crippen LogP contribution is 2.30. The Hall–Kier alpha value is -1.88. The molecule has 3 rings (SSSR count). The number of nitrogens with zero attached hydrogens (tertiary/aromatic N) is 2. The topological polar surface area (TPSA) is 74.2 Å². The lowest BCUT2D eigenvalue weighted by Gasteiger charge is -2.06. The Balaban J connectivity index is 1.98. The third kappa shape index (κ3) is 2.21. The first-order valence-electron chi connectivity index (χ1n) is 6.43. The average molecular weight is 259 g/mol. The fourth-order valence-electron chi connectivity index (χ4n) is 2.40. The van der Waals surface area contributed by atoms with Crippen LogP contribution in [-0.2, 0) is 4.74 Å². The lowest BCUT2D eigenvalue weighted by atomic mass is 10.0. The molecular weight excluding hydrogens is 242 g/mol. The van der Waals surface area contributed by atoms with E-state index in [1.165, 1.54) is 0 Å². The van der Waals surface area contributed by atoms with Crippen LogP contribution < -0.4 is 5.73 Å². The fourth-order valence-corrected chi connectivity index (χ4v) is 2.40. The molecule has 0 aliphatic carbocycles. The maximum atomic E-state index is 6.09. The number of ether oxygens (including phenoxy) is 1. The number of nitrogens with two attached hydrogens (primary N) is 1. The van der Waals surface area contributed by atoms with Gasteiger partial charge in [-0.2, -0.15) is 4.98 Å². The van der Waals surface area contributed by atoms with Crippen LogP contribution in [0.3, 0.4) is 0 Å². The molecule has 1 aromatic heterocycles. The number of nitrogen functional groups attached to an aromatic ring is 1. The van der Waals surface area contributed by atoms with Crippen molar-refractivity contribution < 1.29 is 9.26 Å². The minimum atomic E-state index is 0.240. The first-order valence-corrected chi connectivity index (χ1v) is 6.43. The van der Waals surface area contributed by atoms with Gasteiger partial charge in [-0.1, -0.05) is 11.2 Å². The number of aromatic nitrogens is 2. The van der Waals surface area contributed by atoms with E-state index in [4.69, 9.17) is 15.0 Å². The number of hydrogen-bond acceptors (Lipinski definition) is 5. The first-order chi connectivity index (χ1) is 9.15. The molecule has 1 unspecified atom stereocenters. The molecule has 0 bridgehead atoms. The third-order valence-electron chi connectivity index (χ3n) is 3.50. The fraction of sp³-hybridized carbons (Fsp3) is 0.429. The van der Waals surface area contributed by atoms with E-state index in [1.54, 1.807) is 0 Å². The standard InChI is InChI=1S/C14H17N3O2/c1-8-5-9(2)12(15)11(6-8)14-16-13(17-19-14)10-3-4-18-7-10/h5-6,10H,3-4,7,15H2,1-2H3. The number of hydrogen-bond donors (Lipinski definition) is 1. The summed E-state index contributed by atoms with van der Waals surface area (Å²) >= 11 is 0. The highest BCUT2D eigenvalue weighted by molar-refractivity contribution is 5.74. The Morgan fingerprint density at radius 3 is 2.89 bits per heavy atom. The Kier molecular flexibility index (Phi) is 2.98. The van der Waals surface area contributed by atoms with Crippen molar-refractivity contribution in [2.45, 2.75) is 26.2 Å². The number of anilines is 1. The predicted octanol–water partition coefficient (Wildman–Crippen LogP) is 2.44. The van der Waals surface area contributed by atoms with E-state index in [-0.39, 0.29) is 5.92 Å². The van der Waals surface area contributed by atoms with Gasteiger partial charge in [-0.15, -0.1) is 0 Å². The number of benzene rings is 1. The van der Waals surface area contributed by atoms with E-state index in [2.05, 4.69) is 10.1 Å². The zero-order chi connectivity index (χ0) is 13.4. The van der Waals surface area contributed by atoms with Crippen molar-refractivity contribution in [2.75, 3.05) is 18.9 Å². The molecule has 5 heteroatoms. The minimum Gasteiger partial charge on any atom is -0.398 e. The maximum Gasteiger partial charge on any atom is 0.260 e. The molecule has 1 aliphatic heterocycles. The number of aryl methyl sites for hydroxylation is 2. The Labute approximate surface area is 111 Å². The molecule has 0 spiro atoms. The lowest BCUT2D eigenvalue weighted by Crippen LogP contribution is -2.00. The van der Waals surface area contributed by atoms with Gasteiger partial charge in [-0.05, 0) is 37.5 Å². The van der Waals surface area contributed by atoms with Crippen molar-refractivity contribution in [3.8, 4) is 11.5 Å². The summed E-state index contributed by atoms with van der Waals surface area (Å²) in [5.41, 5.74) is 9.76. The van der Waals surface area contributed by atoms with Gasteiger partial charge in [-0.3, -0.25) is 0 Å². The van der Waals surface area contributed by atoms with Gasteiger partial charge in [0.2, 0.25) is 0 Å². The molecule has 0 saturated carbocycles. The molecule has 1 aromatic carbocycles. The average Bonchev–Trinajstić information content (AvgIpc) is 3.03. The van der Waals surface area contributed by atoms with Gasteiger partial charge in [0.1, 0.15) is 0 Å². The molecule has 5 nitrogen and oxygen atoms in total. The van der Waals surface area contributed by atoms with E-state index in [0.29, 0.717) is 24.0 Å². The zero-order valence-corrected chi connectivity index (χ0v) is 11.1. The van der Waals surface area contributed by atoms with E-state index in [9.17, 15) is 0 Å². The molecule has 100 valence electrons. The van der Waals surface area contributed by atoms with Crippen LogP contribution in [0.15, 0.2) is 16.7 Å². The van der Waals surface area contributed by atoms with E-state index in [1.807, 2.05) is 26.0 Å². The van der Waals surface area contributed by atoms with Crippen molar-refractivity contribution in [2.24, 2.45) is 0 Å². The second-order valence-electron chi connectivity index (χ2n) is 5.06. The van der Waals surface area contributed by atoms with Crippen molar-refractivity contribution in [1.29, 1.82) is 0 Å². The molecular formula is C14H17N3O2. The van der Waals surface area contributed by atoms with Gasteiger partial charge >= 0.3 is 0 Å². The Morgan fingerprint density at radius 1 is 1.32 bits per heavy atom. The van der Waals surface area contributed by atoms with Crippen molar-refractivity contribution >= 4 is 5.69 Å². The largest absolute Gasteiger partial charge is 0.398 e. The predicted molar refractivity (Wildman–Crippen MR) is 71.8 cm³/mol. The summed E-state index contributed by atoms with van der Waals surface area (Å²) < 4.78 is 10.7. The summed E-state index contributed by atoms with van der Waals surface area (Å²) in [6, 6.07) is 4.02. The van der Waals surface area contributed by atoms with Crippen LogP contribution in [-0.4, -0.2) is 23.4 Å². The molecule has 1 fully saturated rings. The maximum absolute atomic E-state index is 6.09. The van der Waals surface area contributed by atoms with Crippen LogP contribution in [0.1, 0.15) is 29.3 Å². The van der Waals surface area contributed by atoms with Gasteiger partial charge in [0.15, 0.2) is 5.82 Å². The molecule has 2 aromatic rings. The van der Waals surface area contributed by atoms with Gasteiger partial charge in [0, 0.05) is 18.2 Å². The summed E-state index contributed by atoms with van der Waals surface area (Å²) in [6.45, 7) is 5.44. The molecule has 2 heterocycles. The second-order valence-corrected chi connectivity index (χ2v) is 5.06. The van der Waals surface area contributed by atoms with E-state index in [0.717, 1.165) is 29.7 Å². The summed E-state index contributed by atoms with van der Waals surface area (Å²) in [5, 5.41) is 4.05. The second kappa shape index (κ2) is 4.66. The van der Waals surface area contributed by atoms with Crippen molar-refractivity contribution in [3.05, 3.63) is 29.1 Å². The molecule has 2 N–H and O–H groups in total. The Bertz CT molecular complexity index is 601. The summed E-state index contributed by atoms with van der Waals surface area (Å²) in [6.07, 6.45) is 0.946.